The van der Waals surface area contributed by atoms with Crippen molar-refractivity contribution < 1.29 is 9.59 Å². The summed E-state index contributed by atoms with van der Waals surface area (Å²) in [7, 11) is 0. The molecule has 2 amide bonds. The number of H-pyrrole nitrogens is 1. The molecular weight excluding hydrogens is 539 g/mol. The van der Waals surface area contributed by atoms with Gasteiger partial charge in [-0.2, -0.15) is 4.68 Å². The van der Waals surface area contributed by atoms with E-state index in [1.807, 2.05) is 25.1 Å². The third-order valence-corrected chi connectivity index (χ3v) is 6.93. The van der Waals surface area contributed by atoms with Gasteiger partial charge in [-0.25, -0.2) is 4.98 Å². The number of fused-ring (bicyclic) bond motifs is 4. The fourth-order valence-electron chi connectivity index (χ4n) is 4.51. The summed E-state index contributed by atoms with van der Waals surface area (Å²) in [6.45, 7) is 1.96. The number of aryl methyl sites for hydroxylation is 1. The monoisotopic (exact) mass is 564 g/mol. The fourth-order valence-corrected chi connectivity index (χ4v) is 4.93. The van der Waals surface area contributed by atoms with Gasteiger partial charge in [0.15, 0.2) is 0 Å². The second kappa shape index (κ2) is 11.8. The molecule has 1 atom stereocenters. The average molecular weight is 565 g/mol. The molecule has 1 aliphatic rings. The second-order valence-electron chi connectivity index (χ2n) is 9.33. The van der Waals surface area contributed by atoms with Gasteiger partial charge in [-0.05, 0) is 66.1 Å². The van der Waals surface area contributed by atoms with Crippen molar-refractivity contribution in [3.05, 3.63) is 75.9 Å². The van der Waals surface area contributed by atoms with E-state index in [1.54, 1.807) is 24.3 Å². The van der Waals surface area contributed by atoms with Gasteiger partial charge in [-0.1, -0.05) is 48.2 Å². The zero-order valence-corrected chi connectivity index (χ0v) is 22.6. The molecule has 200 valence electrons. The lowest BCUT2D eigenvalue weighted by Crippen LogP contribution is -2.27. The first-order chi connectivity index (χ1) is 18.9. The third-order valence-electron chi connectivity index (χ3n) is 6.43. The lowest BCUT2D eigenvalue weighted by atomic mass is 10.1. The van der Waals surface area contributed by atoms with Crippen LogP contribution in [0.5, 0.6) is 0 Å². The van der Waals surface area contributed by atoms with E-state index < -0.39 is 6.04 Å². The Hall–Kier alpha value is -4.02. The molecule has 0 spiro atoms. The van der Waals surface area contributed by atoms with E-state index >= 15 is 0 Å². The summed E-state index contributed by atoms with van der Waals surface area (Å²) >= 11 is 12.8. The number of rotatable bonds is 4. The zero-order valence-electron chi connectivity index (χ0n) is 21.1. The number of imidazole rings is 1. The summed E-state index contributed by atoms with van der Waals surface area (Å²) in [4.78, 5) is 33.5. The van der Waals surface area contributed by atoms with Crippen LogP contribution in [0.25, 0.3) is 23.0 Å². The maximum absolute atomic E-state index is 13.1. The van der Waals surface area contributed by atoms with Crippen molar-refractivity contribution in [1.29, 1.82) is 0 Å². The molecule has 1 unspecified atom stereocenters. The van der Waals surface area contributed by atoms with E-state index in [4.69, 9.17) is 28.2 Å². The van der Waals surface area contributed by atoms with Gasteiger partial charge >= 0.3 is 0 Å². The van der Waals surface area contributed by atoms with Crippen LogP contribution >= 0.6 is 23.2 Å². The number of hydrogen-bond donors (Lipinski definition) is 3. The summed E-state index contributed by atoms with van der Waals surface area (Å²) in [6, 6.07) is 10.6. The quantitative estimate of drug-likeness (QED) is 0.283. The summed E-state index contributed by atoms with van der Waals surface area (Å²) in [6.07, 6.45) is 7.96. The molecule has 4 aromatic rings. The highest BCUT2D eigenvalue weighted by Gasteiger charge is 2.22. The van der Waals surface area contributed by atoms with Crippen LogP contribution in [0, 0.1) is 6.92 Å². The lowest BCUT2D eigenvalue weighted by Gasteiger charge is -2.16. The van der Waals surface area contributed by atoms with Crippen LogP contribution in [0.1, 0.15) is 55.1 Å². The number of aromatic amines is 1. The van der Waals surface area contributed by atoms with Crippen LogP contribution in [-0.4, -0.2) is 42.0 Å². The minimum absolute atomic E-state index is 0.0509. The Kier molecular flexibility index (Phi) is 8.04. The van der Waals surface area contributed by atoms with Crippen LogP contribution < -0.4 is 10.6 Å². The SMILES string of the molecule is Cc1ccc2c(c1)NC(=O)CCCCCC(NC(=O)C=Cc1cc(Cl)ccc1-n1cnnn1)c1nc-2c(Cl)[nH]1. The first kappa shape index (κ1) is 26.6. The van der Waals surface area contributed by atoms with Crippen LogP contribution in [0.3, 0.4) is 0 Å². The number of hydrogen-bond acceptors (Lipinski definition) is 6. The number of benzene rings is 2. The van der Waals surface area contributed by atoms with Gasteiger partial charge in [0, 0.05) is 28.6 Å². The third kappa shape index (κ3) is 6.35. The summed E-state index contributed by atoms with van der Waals surface area (Å²) < 4.78 is 1.49. The number of anilines is 1. The minimum atomic E-state index is -0.412. The molecule has 1 aliphatic heterocycles. The van der Waals surface area contributed by atoms with Crippen LogP contribution in [0.4, 0.5) is 5.69 Å². The fraction of sp³-hybridized carbons (Fsp3) is 0.259. The summed E-state index contributed by atoms with van der Waals surface area (Å²) in [5.41, 5.74) is 4.23. The van der Waals surface area contributed by atoms with Crippen molar-refractivity contribution in [2.45, 2.75) is 45.1 Å². The first-order valence-electron chi connectivity index (χ1n) is 12.5. The van der Waals surface area contributed by atoms with E-state index in [-0.39, 0.29) is 11.8 Å². The van der Waals surface area contributed by atoms with Crippen molar-refractivity contribution in [3.8, 4) is 16.9 Å². The second-order valence-corrected chi connectivity index (χ2v) is 10.1. The highest BCUT2D eigenvalue weighted by atomic mass is 35.5. The van der Waals surface area contributed by atoms with Gasteiger partial charge in [-0.15, -0.1) is 5.10 Å². The molecular formula is C27H26Cl2N8O2. The Morgan fingerprint density at radius 2 is 2.03 bits per heavy atom. The average Bonchev–Trinajstić information content (AvgIpc) is 3.57. The van der Waals surface area contributed by atoms with Gasteiger partial charge < -0.3 is 15.6 Å². The van der Waals surface area contributed by atoms with Crippen molar-refractivity contribution in [3.63, 3.8) is 0 Å². The Morgan fingerprint density at radius 3 is 2.85 bits per heavy atom. The van der Waals surface area contributed by atoms with Crippen LogP contribution in [-0.2, 0) is 9.59 Å². The van der Waals surface area contributed by atoms with Gasteiger partial charge in [-0.3, -0.25) is 9.59 Å². The molecule has 5 rings (SSSR count). The maximum Gasteiger partial charge on any atom is 0.244 e. The topological polar surface area (TPSA) is 130 Å². The van der Waals surface area contributed by atoms with E-state index in [0.29, 0.717) is 57.0 Å². The smallest absolute Gasteiger partial charge is 0.244 e. The molecule has 0 fully saturated rings. The number of halogens is 2. The van der Waals surface area contributed by atoms with Gasteiger partial charge in [0.1, 0.15) is 23.0 Å². The Morgan fingerprint density at radius 1 is 1.15 bits per heavy atom. The van der Waals surface area contributed by atoms with E-state index in [0.717, 1.165) is 24.8 Å². The molecule has 12 heteroatoms. The van der Waals surface area contributed by atoms with E-state index in [9.17, 15) is 9.59 Å². The van der Waals surface area contributed by atoms with E-state index in [1.165, 1.54) is 17.1 Å². The summed E-state index contributed by atoms with van der Waals surface area (Å²) in [5.74, 6) is 0.185. The number of nitrogens with one attached hydrogen (secondary N) is 3. The molecule has 2 aromatic carbocycles. The Labute approximate surface area is 234 Å². The van der Waals surface area contributed by atoms with E-state index in [2.05, 4.69) is 31.1 Å². The molecule has 0 radical (unpaired) electrons. The Balaban J connectivity index is 1.42. The molecule has 2 bridgehead atoms. The van der Waals surface area contributed by atoms with Crippen molar-refractivity contribution >= 4 is 46.8 Å². The van der Waals surface area contributed by atoms with Gasteiger partial charge in [0.05, 0.1) is 17.4 Å². The number of tetrazole rings is 1. The molecule has 39 heavy (non-hydrogen) atoms. The minimum Gasteiger partial charge on any atom is -0.343 e. The number of carbonyl (C=O) groups excluding carboxylic acids is 2. The molecule has 3 heterocycles. The number of nitrogens with zero attached hydrogens (tertiary/aromatic N) is 5. The highest BCUT2D eigenvalue weighted by Crippen LogP contribution is 2.35. The van der Waals surface area contributed by atoms with Crippen molar-refractivity contribution in [2.75, 3.05) is 5.32 Å². The maximum atomic E-state index is 13.1. The standard InChI is InChI=1S/C27H26Cl2N8O2/c1-16-7-10-19-21(13-16)32-23(38)6-4-2-3-5-20(27-33-25(19)26(29)34-27)31-24(39)12-8-17-14-18(28)9-11-22(17)37-15-30-35-36-37/h7-15,20H,2-6H2,1H3,(H,31,39)(H,32,38)(H,33,34). The van der Waals surface area contributed by atoms with Crippen LogP contribution in [0.2, 0.25) is 10.2 Å². The number of aromatic nitrogens is 6. The highest BCUT2D eigenvalue weighted by molar-refractivity contribution is 6.32. The number of amides is 2. The first-order valence-corrected chi connectivity index (χ1v) is 13.3. The zero-order chi connectivity index (χ0) is 27.4. The lowest BCUT2D eigenvalue weighted by molar-refractivity contribution is -0.117. The van der Waals surface area contributed by atoms with Crippen LogP contribution in [0.15, 0.2) is 48.8 Å². The molecule has 0 saturated carbocycles. The molecule has 0 aliphatic carbocycles. The van der Waals surface area contributed by atoms with Crippen molar-refractivity contribution in [2.24, 2.45) is 0 Å². The Bertz CT molecular complexity index is 1530. The molecule has 2 aromatic heterocycles. The predicted molar refractivity (Wildman–Crippen MR) is 150 cm³/mol. The summed E-state index contributed by atoms with van der Waals surface area (Å²) in [5, 5.41) is 18.2. The van der Waals surface area contributed by atoms with Gasteiger partial charge in [0.25, 0.3) is 0 Å². The molecule has 10 nitrogen and oxygen atoms in total. The van der Waals surface area contributed by atoms with Gasteiger partial charge in [0.2, 0.25) is 11.8 Å². The molecule has 0 saturated heterocycles. The number of carbonyl (C=O) groups is 2. The van der Waals surface area contributed by atoms with Crippen molar-refractivity contribution in [1.82, 2.24) is 35.5 Å². The molecule has 3 N–H and O–H groups in total. The largest absolute Gasteiger partial charge is 0.343 e. The normalized spacial score (nSPS) is 16.1. The predicted octanol–water partition coefficient (Wildman–Crippen LogP) is 5.44.